The van der Waals surface area contributed by atoms with Crippen molar-refractivity contribution in [3.05, 3.63) is 90.0 Å². The zero-order valence-corrected chi connectivity index (χ0v) is 18.6. The third-order valence-corrected chi connectivity index (χ3v) is 5.96. The molecule has 1 amide bonds. The Bertz CT molecular complexity index is 1130. The summed E-state index contributed by atoms with van der Waals surface area (Å²) in [4.78, 5) is 19.2. The van der Waals surface area contributed by atoms with E-state index >= 15 is 0 Å². The van der Waals surface area contributed by atoms with Crippen LogP contribution >= 0.6 is 0 Å². The van der Waals surface area contributed by atoms with Crippen molar-refractivity contribution in [3.8, 4) is 16.9 Å². The van der Waals surface area contributed by atoms with E-state index in [2.05, 4.69) is 30.3 Å². The number of hydrogen-bond donors (Lipinski definition) is 1. The van der Waals surface area contributed by atoms with Crippen LogP contribution in [0.5, 0.6) is 5.75 Å². The highest BCUT2D eigenvalue weighted by molar-refractivity contribution is 5.98. The molecule has 2 N–H and O–H groups in total. The molecule has 0 aromatic heterocycles. The van der Waals surface area contributed by atoms with Crippen LogP contribution in [0.2, 0.25) is 0 Å². The molecule has 1 unspecified atom stereocenters. The number of carbonyl (C=O) groups excluding carboxylic acids is 1. The summed E-state index contributed by atoms with van der Waals surface area (Å²) in [7, 11) is 1.68. The number of ether oxygens (including phenoxy) is 1. The highest BCUT2D eigenvalue weighted by Gasteiger charge is 2.35. The minimum absolute atomic E-state index is 0.0222. The number of carbonyl (C=O) groups is 1. The number of methoxy groups -OCH3 is 1. The average Bonchev–Trinajstić information content (AvgIpc) is 2.81. The minimum atomic E-state index is -0.500. The Labute approximate surface area is 189 Å². The molecule has 32 heavy (non-hydrogen) atoms. The maximum Gasteiger partial charge on any atom is 0.232 e. The van der Waals surface area contributed by atoms with Gasteiger partial charge in [0.2, 0.25) is 5.91 Å². The predicted octanol–water partition coefficient (Wildman–Crippen LogP) is 4.80. The minimum Gasteiger partial charge on any atom is -0.497 e. The first kappa shape index (κ1) is 21.6. The second kappa shape index (κ2) is 9.27. The molecule has 4 rings (SSSR count). The third kappa shape index (κ3) is 4.99. The number of hydrogen-bond acceptors (Lipinski definition) is 4. The van der Waals surface area contributed by atoms with Crippen LogP contribution in [0.25, 0.3) is 11.1 Å². The van der Waals surface area contributed by atoms with E-state index < -0.39 is 5.54 Å². The second-order valence-electron chi connectivity index (χ2n) is 8.54. The van der Waals surface area contributed by atoms with Crippen molar-refractivity contribution in [3.63, 3.8) is 0 Å². The largest absolute Gasteiger partial charge is 0.497 e. The van der Waals surface area contributed by atoms with Crippen LogP contribution in [0, 0.1) is 0 Å². The van der Waals surface area contributed by atoms with E-state index in [0.717, 1.165) is 35.3 Å². The fourth-order valence-corrected chi connectivity index (χ4v) is 4.13. The number of rotatable bonds is 7. The maximum absolute atomic E-state index is 12.9. The molecular weight excluding hydrogens is 398 g/mol. The topological polar surface area (TPSA) is 67.9 Å². The Balaban J connectivity index is 1.46. The molecule has 0 saturated carbocycles. The van der Waals surface area contributed by atoms with Gasteiger partial charge in [-0.2, -0.15) is 0 Å². The zero-order valence-electron chi connectivity index (χ0n) is 18.6. The Hall–Kier alpha value is -3.60. The fourth-order valence-electron chi connectivity index (χ4n) is 4.13. The average molecular weight is 428 g/mol. The van der Waals surface area contributed by atoms with Crippen LogP contribution in [0.15, 0.2) is 83.9 Å². The van der Waals surface area contributed by atoms with Gasteiger partial charge in [-0.15, -0.1) is 0 Å². The Morgan fingerprint density at radius 2 is 1.66 bits per heavy atom. The Morgan fingerprint density at radius 3 is 2.38 bits per heavy atom. The van der Waals surface area contributed by atoms with Crippen molar-refractivity contribution in [1.82, 2.24) is 4.90 Å². The van der Waals surface area contributed by atoms with Crippen molar-refractivity contribution >= 4 is 11.9 Å². The number of guanidine groups is 1. The van der Waals surface area contributed by atoms with Gasteiger partial charge in [0.25, 0.3) is 0 Å². The number of aliphatic imine (C=N–C) groups is 1. The summed E-state index contributed by atoms with van der Waals surface area (Å²) in [5.41, 5.74) is 10.2. The van der Waals surface area contributed by atoms with Gasteiger partial charge in [0.05, 0.1) is 25.6 Å². The molecule has 0 bridgehead atoms. The normalized spacial score (nSPS) is 18.4. The molecule has 5 nitrogen and oxygen atoms in total. The van der Waals surface area contributed by atoms with E-state index in [1.165, 1.54) is 5.56 Å². The SMILES string of the molecule is COc1cccc(-c2cccc(CCC3(C)CC(=O)N(Cc4ccccc4)C(N)=N3)c2)c1. The molecule has 0 saturated heterocycles. The lowest BCUT2D eigenvalue weighted by molar-refractivity contribution is -0.130. The standard InChI is InChI=1S/C27H29N3O2/c1-27(18-25(31)30(26(28)29-27)19-21-8-4-3-5-9-21)15-14-20-10-6-11-22(16-20)23-12-7-13-24(17-23)32-2/h3-13,16-17H,14-15,18-19H2,1-2H3,(H2,28,29). The molecule has 5 heteroatoms. The van der Waals surface area contributed by atoms with Crippen LogP contribution < -0.4 is 10.5 Å². The monoisotopic (exact) mass is 427 g/mol. The summed E-state index contributed by atoms with van der Waals surface area (Å²) < 4.78 is 5.35. The molecule has 0 fully saturated rings. The molecular formula is C27H29N3O2. The summed E-state index contributed by atoms with van der Waals surface area (Å²) in [6.45, 7) is 2.47. The molecule has 0 spiro atoms. The highest BCUT2D eigenvalue weighted by atomic mass is 16.5. The molecule has 1 heterocycles. The summed E-state index contributed by atoms with van der Waals surface area (Å²) in [6, 6.07) is 26.4. The highest BCUT2D eigenvalue weighted by Crippen LogP contribution is 2.30. The molecule has 1 aliphatic heterocycles. The lowest BCUT2D eigenvalue weighted by Gasteiger charge is -2.35. The van der Waals surface area contributed by atoms with Crippen LogP contribution in [0.3, 0.4) is 0 Å². The lowest BCUT2D eigenvalue weighted by Crippen LogP contribution is -2.50. The predicted molar refractivity (Wildman–Crippen MR) is 128 cm³/mol. The van der Waals surface area contributed by atoms with Crippen LogP contribution in [0.1, 0.15) is 30.9 Å². The number of benzene rings is 3. The van der Waals surface area contributed by atoms with Crippen molar-refractivity contribution in [2.75, 3.05) is 7.11 Å². The van der Waals surface area contributed by atoms with Gasteiger partial charge in [-0.1, -0.05) is 66.7 Å². The molecule has 0 radical (unpaired) electrons. The Morgan fingerprint density at radius 1 is 0.969 bits per heavy atom. The van der Waals surface area contributed by atoms with Crippen LogP contribution in [-0.4, -0.2) is 29.4 Å². The number of nitrogens with zero attached hydrogens (tertiary/aromatic N) is 2. The quantitative estimate of drug-likeness (QED) is 0.589. The van der Waals surface area contributed by atoms with E-state index in [1.807, 2.05) is 55.5 Å². The summed E-state index contributed by atoms with van der Waals surface area (Å²) in [5, 5.41) is 0. The van der Waals surface area contributed by atoms with Gasteiger partial charge in [-0.05, 0) is 54.2 Å². The first-order valence-electron chi connectivity index (χ1n) is 10.9. The van der Waals surface area contributed by atoms with Gasteiger partial charge in [0, 0.05) is 0 Å². The van der Waals surface area contributed by atoms with Crippen molar-refractivity contribution in [2.24, 2.45) is 10.7 Å². The lowest BCUT2D eigenvalue weighted by atomic mass is 9.88. The van der Waals surface area contributed by atoms with Crippen LogP contribution in [0.4, 0.5) is 0 Å². The number of nitrogens with two attached hydrogens (primary N) is 1. The fraction of sp³-hybridized carbons (Fsp3) is 0.259. The van der Waals surface area contributed by atoms with Gasteiger partial charge < -0.3 is 10.5 Å². The molecule has 1 atom stereocenters. The maximum atomic E-state index is 12.9. The van der Waals surface area contributed by atoms with E-state index in [0.29, 0.717) is 18.9 Å². The zero-order chi connectivity index (χ0) is 22.6. The van der Waals surface area contributed by atoms with Crippen LogP contribution in [-0.2, 0) is 17.8 Å². The first-order chi connectivity index (χ1) is 15.5. The van der Waals surface area contributed by atoms with Gasteiger partial charge >= 0.3 is 0 Å². The molecule has 1 aliphatic rings. The van der Waals surface area contributed by atoms with E-state index in [4.69, 9.17) is 15.5 Å². The van der Waals surface area contributed by atoms with Crippen molar-refractivity contribution < 1.29 is 9.53 Å². The van der Waals surface area contributed by atoms with Gasteiger partial charge in [0.1, 0.15) is 5.75 Å². The van der Waals surface area contributed by atoms with Crippen molar-refractivity contribution in [2.45, 2.75) is 38.3 Å². The van der Waals surface area contributed by atoms with E-state index in [-0.39, 0.29) is 5.91 Å². The van der Waals surface area contributed by atoms with Gasteiger partial charge in [-0.3, -0.25) is 9.69 Å². The third-order valence-electron chi connectivity index (χ3n) is 5.96. The molecule has 164 valence electrons. The van der Waals surface area contributed by atoms with Gasteiger partial charge in [0.15, 0.2) is 5.96 Å². The van der Waals surface area contributed by atoms with Gasteiger partial charge in [-0.25, -0.2) is 4.99 Å². The van der Waals surface area contributed by atoms with E-state index in [9.17, 15) is 4.79 Å². The Kier molecular flexibility index (Phi) is 6.26. The second-order valence-corrected chi connectivity index (χ2v) is 8.54. The molecule has 0 aliphatic carbocycles. The van der Waals surface area contributed by atoms with E-state index in [1.54, 1.807) is 12.0 Å². The summed E-state index contributed by atoms with van der Waals surface area (Å²) >= 11 is 0. The molecule has 3 aromatic carbocycles. The number of aryl methyl sites for hydroxylation is 1. The smallest absolute Gasteiger partial charge is 0.232 e. The number of amides is 1. The summed E-state index contributed by atoms with van der Waals surface area (Å²) in [6.07, 6.45) is 1.92. The van der Waals surface area contributed by atoms with Crippen molar-refractivity contribution in [1.29, 1.82) is 0 Å². The molecule has 3 aromatic rings. The first-order valence-corrected chi connectivity index (χ1v) is 10.9. The summed E-state index contributed by atoms with van der Waals surface area (Å²) in [5.74, 6) is 1.16.